The second-order valence-electron chi connectivity index (χ2n) is 8.01. The largest absolute Gasteiger partial charge is 0.361 e. The summed E-state index contributed by atoms with van der Waals surface area (Å²) in [5, 5.41) is 8.20. The monoisotopic (exact) mass is 358 g/mol. The quantitative estimate of drug-likeness (QED) is 0.816. The summed E-state index contributed by atoms with van der Waals surface area (Å²) in [4.78, 5) is 19.4. The first-order valence-electron chi connectivity index (χ1n) is 9.50. The standard InChI is InChI=1S/C19H26N4O3/c1-12-15(13(2)25-21-12)7-8-16(24)23-10-4-9-19(3,11-23)18-20-17(26-22-18)14-5-6-14/h14H,4-11H2,1-3H3. The van der Waals surface area contributed by atoms with Crippen molar-refractivity contribution in [2.24, 2.45) is 0 Å². The van der Waals surface area contributed by atoms with E-state index in [1.807, 2.05) is 18.7 Å². The minimum absolute atomic E-state index is 0.168. The second-order valence-corrected chi connectivity index (χ2v) is 8.01. The molecule has 2 aliphatic rings. The summed E-state index contributed by atoms with van der Waals surface area (Å²) in [6.45, 7) is 7.40. The van der Waals surface area contributed by atoms with E-state index in [1.54, 1.807) is 0 Å². The Balaban J connectivity index is 1.41. The van der Waals surface area contributed by atoms with Crippen molar-refractivity contribution < 1.29 is 13.8 Å². The lowest BCUT2D eigenvalue weighted by molar-refractivity contribution is -0.133. The number of piperidine rings is 1. The average Bonchev–Trinajstić information content (AvgIpc) is 3.26. The zero-order valence-electron chi connectivity index (χ0n) is 15.7. The summed E-state index contributed by atoms with van der Waals surface area (Å²) in [5.41, 5.74) is 1.69. The van der Waals surface area contributed by atoms with Crippen molar-refractivity contribution in [3.05, 3.63) is 28.7 Å². The van der Waals surface area contributed by atoms with Crippen LogP contribution in [-0.4, -0.2) is 39.2 Å². The molecule has 4 rings (SSSR count). The highest BCUT2D eigenvalue weighted by Gasteiger charge is 2.40. The normalized spacial score (nSPS) is 23.4. The van der Waals surface area contributed by atoms with Crippen molar-refractivity contribution in [1.29, 1.82) is 0 Å². The van der Waals surface area contributed by atoms with E-state index in [1.165, 1.54) is 0 Å². The number of likely N-dealkylation sites (tertiary alicyclic amines) is 1. The molecule has 0 radical (unpaired) electrons. The van der Waals surface area contributed by atoms with Gasteiger partial charge in [0.15, 0.2) is 5.82 Å². The van der Waals surface area contributed by atoms with Crippen LogP contribution in [0, 0.1) is 13.8 Å². The van der Waals surface area contributed by atoms with E-state index in [0.29, 0.717) is 25.3 Å². The number of hydrogen-bond donors (Lipinski definition) is 0. The molecule has 0 bridgehead atoms. The number of carbonyl (C=O) groups excluding carboxylic acids is 1. The van der Waals surface area contributed by atoms with Crippen molar-refractivity contribution in [1.82, 2.24) is 20.2 Å². The van der Waals surface area contributed by atoms with E-state index < -0.39 is 0 Å². The smallest absolute Gasteiger partial charge is 0.229 e. The summed E-state index contributed by atoms with van der Waals surface area (Å²) in [5.74, 6) is 2.95. The van der Waals surface area contributed by atoms with Crippen molar-refractivity contribution in [2.45, 2.75) is 70.6 Å². The first kappa shape index (κ1) is 17.2. The van der Waals surface area contributed by atoms with Crippen LogP contribution in [-0.2, 0) is 16.6 Å². The Labute approximate surface area is 153 Å². The van der Waals surface area contributed by atoms with Gasteiger partial charge >= 0.3 is 0 Å². The second kappa shape index (κ2) is 6.52. The Morgan fingerprint density at radius 3 is 2.77 bits per heavy atom. The highest BCUT2D eigenvalue weighted by molar-refractivity contribution is 5.76. The molecule has 1 unspecified atom stereocenters. The molecule has 1 saturated heterocycles. The molecule has 0 spiro atoms. The summed E-state index contributed by atoms with van der Waals surface area (Å²) in [6, 6.07) is 0. The van der Waals surface area contributed by atoms with Gasteiger partial charge in [-0.15, -0.1) is 0 Å². The summed E-state index contributed by atoms with van der Waals surface area (Å²) in [6.07, 6.45) is 5.36. The molecule has 2 aromatic rings. The molecule has 1 aliphatic heterocycles. The number of aryl methyl sites for hydroxylation is 2. The summed E-state index contributed by atoms with van der Waals surface area (Å²) < 4.78 is 10.6. The Kier molecular flexibility index (Phi) is 4.32. The fourth-order valence-electron chi connectivity index (χ4n) is 3.86. The van der Waals surface area contributed by atoms with Crippen LogP contribution in [0.15, 0.2) is 9.05 Å². The van der Waals surface area contributed by atoms with E-state index in [9.17, 15) is 4.79 Å². The van der Waals surface area contributed by atoms with Gasteiger partial charge in [-0.1, -0.05) is 17.2 Å². The molecule has 26 heavy (non-hydrogen) atoms. The summed E-state index contributed by atoms with van der Waals surface area (Å²) in [7, 11) is 0. The number of carbonyl (C=O) groups is 1. The van der Waals surface area contributed by atoms with Crippen LogP contribution < -0.4 is 0 Å². The first-order chi connectivity index (χ1) is 12.5. The van der Waals surface area contributed by atoms with Gasteiger partial charge in [0.1, 0.15) is 5.76 Å². The molecular formula is C19H26N4O3. The first-order valence-corrected chi connectivity index (χ1v) is 9.50. The number of nitrogens with zero attached hydrogens (tertiary/aromatic N) is 4. The highest BCUT2D eigenvalue weighted by atomic mass is 16.5. The van der Waals surface area contributed by atoms with Crippen molar-refractivity contribution >= 4 is 5.91 Å². The van der Waals surface area contributed by atoms with Gasteiger partial charge in [0.05, 0.1) is 5.69 Å². The third-order valence-electron chi connectivity index (χ3n) is 5.73. The van der Waals surface area contributed by atoms with Crippen LogP contribution in [0.5, 0.6) is 0 Å². The van der Waals surface area contributed by atoms with Crippen LogP contribution in [0.25, 0.3) is 0 Å². The van der Waals surface area contributed by atoms with Gasteiger partial charge in [-0.3, -0.25) is 4.79 Å². The van der Waals surface area contributed by atoms with Gasteiger partial charge < -0.3 is 13.9 Å². The third-order valence-corrected chi connectivity index (χ3v) is 5.73. The van der Waals surface area contributed by atoms with Crippen molar-refractivity contribution in [3.8, 4) is 0 Å². The molecular weight excluding hydrogens is 332 g/mol. The van der Waals surface area contributed by atoms with E-state index in [0.717, 1.165) is 61.0 Å². The maximum atomic E-state index is 12.8. The van der Waals surface area contributed by atoms with Crippen LogP contribution in [0.4, 0.5) is 0 Å². The molecule has 7 nitrogen and oxygen atoms in total. The molecule has 2 aromatic heterocycles. The van der Waals surface area contributed by atoms with E-state index in [4.69, 9.17) is 9.05 Å². The zero-order valence-corrected chi connectivity index (χ0v) is 15.7. The molecule has 140 valence electrons. The maximum Gasteiger partial charge on any atom is 0.229 e. The molecule has 3 heterocycles. The lowest BCUT2D eigenvalue weighted by Crippen LogP contribution is -2.47. The predicted octanol–water partition coefficient (Wildman–Crippen LogP) is 3.06. The van der Waals surface area contributed by atoms with Crippen LogP contribution in [0.1, 0.15) is 73.7 Å². The van der Waals surface area contributed by atoms with Gasteiger partial charge in [0.25, 0.3) is 0 Å². The van der Waals surface area contributed by atoms with E-state index in [2.05, 4.69) is 22.2 Å². The molecule has 2 fully saturated rings. The highest BCUT2D eigenvalue weighted by Crippen LogP contribution is 2.40. The fraction of sp³-hybridized carbons (Fsp3) is 0.684. The SMILES string of the molecule is Cc1noc(C)c1CCC(=O)N1CCCC(C)(c2noc(C3CC3)n2)C1. The molecule has 0 N–H and O–H groups in total. The molecule has 1 atom stereocenters. The average molecular weight is 358 g/mol. The summed E-state index contributed by atoms with van der Waals surface area (Å²) >= 11 is 0. The van der Waals surface area contributed by atoms with E-state index >= 15 is 0 Å². The van der Waals surface area contributed by atoms with Crippen LogP contribution in [0.2, 0.25) is 0 Å². The Bertz CT molecular complexity index is 788. The molecule has 1 amide bonds. The lowest BCUT2D eigenvalue weighted by atomic mass is 9.81. The van der Waals surface area contributed by atoms with Gasteiger partial charge in [-0.25, -0.2) is 0 Å². The van der Waals surface area contributed by atoms with Gasteiger partial charge in [0.2, 0.25) is 11.8 Å². The van der Waals surface area contributed by atoms with Gasteiger partial charge in [0, 0.05) is 36.4 Å². The molecule has 1 aliphatic carbocycles. The maximum absolute atomic E-state index is 12.8. The van der Waals surface area contributed by atoms with Gasteiger partial charge in [-0.2, -0.15) is 4.98 Å². The molecule has 1 saturated carbocycles. The Morgan fingerprint density at radius 1 is 1.27 bits per heavy atom. The zero-order chi connectivity index (χ0) is 18.3. The van der Waals surface area contributed by atoms with E-state index in [-0.39, 0.29) is 11.3 Å². The number of hydrogen-bond acceptors (Lipinski definition) is 6. The fourth-order valence-corrected chi connectivity index (χ4v) is 3.86. The Morgan fingerprint density at radius 2 is 2.08 bits per heavy atom. The van der Waals surface area contributed by atoms with Crippen molar-refractivity contribution in [3.63, 3.8) is 0 Å². The van der Waals surface area contributed by atoms with Crippen LogP contribution >= 0.6 is 0 Å². The minimum atomic E-state index is -0.229. The lowest BCUT2D eigenvalue weighted by Gasteiger charge is -2.38. The topological polar surface area (TPSA) is 85.3 Å². The number of aromatic nitrogens is 3. The van der Waals surface area contributed by atoms with Gasteiger partial charge in [-0.05, 0) is 46.0 Å². The van der Waals surface area contributed by atoms with Crippen LogP contribution in [0.3, 0.4) is 0 Å². The molecule has 7 heteroatoms. The van der Waals surface area contributed by atoms with Crippen molar-refractivity contribution in [2.75, 3.05) is 13.1 Å². The number of amides is 1. The minimum Gasteiger partial charge on any atom is -0.361 e. The predicted molar refractivity (Wildman–Crippen MR) is 93.7 cm³/mol. The number of rotatable bonds is 5. The molecule has 0 aromatic carbocycles. The third kappa shape index (κ3) is 3.27. The Hall–Kier alpha value is -2.18.